The van der Waals surface area contributed by atoms with Gasteiger partial charge in [-0.25, -0.2) is 24.4 Å². The number of carbonyl (C=O) groups excluding carboxylic acids is 8. The molecule has 141 heavy (non-hydrogen) atoms. The van der Waals surface area contributed by atoms with E-state index < -0.39 is 106 Å². The van der Waals surface area contributed by atoms with E-state index in [1.54, 1.807) is 63.6 Å². The van der Waals surface area contributed by atoms with Gasteiger partial charge in [0.05, 0.1) is 173 Å². The number of aromatic carboxylic acids is 1. The number of urea groups is 1. The van der Waals surface area contributed by atoms with Crippen molar-refractivity contribution in [3.8, 4) is 16.9 Å². The number of nitrogens with two attached hydrogens (primary N) is 2. The van der Waals surface area contributed by atoms with Gasteiger partial charge in [-0.2, -0.15) is 13.5 Å². The monoisotopic (exact) mass is 2000 g/mol. The van der Waals surface area contributed by atoms with Crippen LogP contribution in [0.25, 0.3) is 21.3 Å². The second kappa shape index (κ2) is 52.8. The molecule has 3 aromatic heterocycles. The Morgan fingerprint density at radius 2 is 1.21 bits per heavy atom. The minimum Gasteiger partial charge on any atom is -0.491 e. The number of nitrogens with zero attached hydrogens (tertiary/aromatic N) is 8. The third-order valence-corrected chi connectivity index (χ3v) is 27.0. The van der Waals surface area contributed by atoms with Gasteiger partial charge in [0, 0.05) is 93.0 Å². The fraction of sp³-hybridized carbons (Fsp3) is 0.556. The summed E-state index contributed by atoms with van der Waals surface area (Å²) in [5.41, 5.74) is 15.8. The molecule has 2 aliphatic heterocycles. The molecular formula is C99H133N13O27S2. The number of thiazole rings is 1. The summed E-state index contributed by atoms with van der Waals surface area (Å²) in [5, 5.41) is 24.5. The quantitative estimate of drug-likeness (QED) is 0.0107. The first kappa shape index (κ1) is 109. The molecule has 5 atom stereocenters. The number of carboxylic acid groups (broad SMARTS) is 1. The van der Waals surface area contributed by atoms with E-state index in [9.17, 15) is 56.4 Å². The van der Waals surface area contributed by atoms with Crippen LogP contribution in [0.2, 0.25) is 0 Å². The molecule has 4 fully saturated rings. The Kier molecular flexibility index (Phi) is 40.7. The minimum absolute atomic E-state index is 0.0164. The number of carbonyl (C=O) groups is 9. The number of para-hydroxylation sites is 1. The van der Waals surface area contributed by atoms with Gasteiger partial charge in [0.15, 0.2) is 10.8 Å². The lowest BCUT2D eigenvalue weighted by molar-refractivity contribution is -0.248. The molecule has 768 valence electrons. The average molecular weight is 2000 g/mol. The Hall–Kier alpha value is -11.1. The summed E-state index contributed by atoms with van der Waals surface area (Å²) < 4.78 is 117. The zero-order valence-electron chi connectivity index (χ0n) is 81.0. The number of imide groups is 1. The molecule has 4 aliphatic carbocycles. The topological polar surface area (TPSA) is 502 Å². The molecule has 4 saturated carbocycles. The fourth-order valence-corrected chi connectivity index (χ4v) is 21.3. The lowest BCUT2D eigenvalue weighted by atomic mass is 9.39. The molecule has 4 bridgehead atoms. The van der Waals surface area contributed by atoms with Gasteiger partial charge in [0.25, 0.3) is 33.7 Å². The Morgan fingerprint density at radius 1 is 0.638 bits per heavy atom. The van der Waals surface area contributed by atoms with Crippen molar-refractivity contribution in [2.45, 2.75) is 142 Å². The normalized spacial score (nSPS) is 18.7. The van der Waals surface area contributed by atoms with E-state index in [0.717, 1.165) is 73.2 Å². The van der Waals surface area contributed by atoms with Crippen LogP contribution < -0.4 is 42.0 Å². The molecule has 6 aliphatic rings. The smallest absolute Gasteiger partial charge is 0.410 e. The van der Waals surface area contributed by atoms with Crippen molar-refractivity contribution in [3.05, 3.63) is 161 Å². The highest BCUT2D eigenvalue weighted by atomic mass is 32.2. The second-order valence-electron chi connectivity index (χ2n) is 36.9. The lowest BCUT2D eigenvalue weighted by Crippen LogP contribution is -2.64. The molecule has 0 spiro atoms. The number of anilines is 3. The number of pyridine rings is 1. The number of benzene rings is 4. The van der Waals surface area contributed by atoms with Crippen LogP contribution in [0.3, 0.4) is 0 Å². The molecule has 4 aromatic carbocycles. The van der Waals surface area contributed by atoms with E-state index in [-0.39, 0.29) is 85.7 Å². The summed E-state index contributed by atoms with van der Waals surface area (Å²) in [6.45, 7) is 19.2. The van der Waals surface area contributed by atoms with Crippen LogP contribution in [0.1, 0.15) is 128 Å². The number of primary amides is 2. The van der Waals surface area contributed by atoms with Gasteiger partial charge >= 0.3 is 18.1 Å². The standard InChI is InChI=1S/C99H133N13O27S2/c1-68(2)86(106-90(117)81(112-84(113)26-27-85(112)114)57-70-18-22-74(23-19-70)137-55-54-136-53-52-135-51-50-134-49-48-133-47-46-132-45-44-131-43-42-130-41-40-129-39-38-128-37-36-127-35-34-126-6)91(118)111(80(88(100)115)14-10-29-102-93(101)121)73-20-16-71(17-21-73)60-138-95(122)108(32-56-141(123,124)125)31-33-139-99-64-96(4)61-97(5,65-99)63-98(62-96,66-99)67-110-69(3)77(58-103-110)75-24-25-83(105-87(75)92(119)120)109-30-28-72-11-9-12-76(78(72)59-109)89(116)107-94-104-79-13-7-8-15-82(79)140-94/h7-9,11-13,15-27,58,68,80-81,86H,10,14,28-57,59-67H2,1-6H3,(H2,100,115)(H,106,117)(H,119,120)(H3,101,102,121)(H,104,107,116)(H,123,124,125)/t80-,81-,86-,96?,97?,98?,99?/m0/s1. The summed E-state index contributed by atoms with van der Waals surface area (Å²) in [6, 6.07) is 24.3. The molecule has 7 aromatic rings. The van der Waals surface area contributed by atoms with Crippen LogP contribution in [-0.2, 0) is 128 Å². The maximum atomic E-state index is 15.4. The molecular weight excluding hydrogens is 1870 g/mol. The van der Waals surface area contributed by atoms with E-state index in [0.29, 0.717) is 222 Å². The highest BCUT2D eigenvalue weighted by Crippen LogP contribution is 2.72. The first-order valence-electron chi connectivity index (χ1n) is 47.7. The van der Waals surface area contributed by atoms with Gasteiger partial charge < -0.3 is 103 Å². The van der Waals surface area contributed by atoms with E-state index in [2.05, 4.69) is 34.8 Å². The third-order valence-electron chi connectivity index (χ3n) is 25.3. The van der Waals surface area contributed by atoms with Crippen LogP contribution in [0.4, 0.5) is 26.2 Å². The highest BCUT2D eigenvalue weighted by molar-refractivity contribution is 7.85. The maximum Gasteiger partial charge on any atom is 0.410 e. The summed E-state index contributed by atoms with van der Waals surface area (Å²) in [6.07, 6.45) is 7.90. The molecule has 9 amide bonds. The van der Waals surface area contributed by atoms with Crippen LogP contribution in [-0.4, -0.2) is 316 Å². The summed E-state index contributed by atoms with van der Waals surface area (Å²) in [5.74, 6) is -6.35. The van der Waals surface area contributed by atoms with Crippen LogP contribution in [0, 0.1) is 29.1 Å². The molecule has 40 nitrogen and oxygen atoms in total. The zero-order chi connectivity index (χ0) is 101. The SMILES string of the molecule is COCCOCCOCCOCCOCCOCCOCCOCCOCCOCCOCCOc1ccc(C[C@@H](C(=O)N[C@H](C(=O)N(c2ccc(COC(=O)N(CCOC34CC5(C)CC(C)(CC(Cn6ncc(-c7ccc(N8CCc9cccc(C(=O)Nc%10nc%11ccccc%11s%10)c9C8)nc7C(=O)O)c6C)(C5)C3)C4)CCS(=O)(=O)O)cc2)[C@@H](CCCNC(N)=O)C(N)=O)C(C)C)N2C(=O)C=CC2=O)cc1. The number of carboxylic acids is 1. The molecule has 0 saturated heterocycles. The molecule has 5 heterocycles. The van der Waals surface area contributed by atoms with Gasteiger partial charge in [-0.1, -0.05) is 87.6 Å². The number of amides is 9. The predicted octanol–water partition coefficient (Wildman–Crippen LogP) is 8.54. The van der Waals surface area contributed by atoms with Gasteiger partial charge in [-0.3, -0.25) is 53.1 Å². The minimum atomic E-state index is -4.61. The Morgan fingerprint density at radius 3 is 1.77 bits per heavy atom. The first-order valence-corrected chi connectivity index (χ1v) is 50.1. The number of hydrogen-bond acceptors (Lipinski definition) is 30. The number of fused-ring (bicyclic) bond motifs is 2. The van der Waals surface area contributed by atoms with Crippen molar-refractivity contribution >= 4 is 102 Å². The van der Waals surface area contributed by atoms with Crippen molar-refractivity contribution in [1.29, 1.82) is 0 Å². The fourth-order valence-electron chi connectivity index (χ4n) is 20.0. The van der Waals surface area contributed by atoms with Crippen molar-refractivity contribution in [2.75, 3.05) is 206 Å². The van der Waals surface area contributed by atoms with Crippen LogP contribution >= 0.6 is 11.3 Å². The summed E-state index contributed by atoms with van der Waals surface area (Å²) in [7, 11) is -2.98. The summed E-state index contributed by atoms with van der Waals surface area (Å²) >= 11 is 1.39. The Labute approximate surface area is 824 Å². The number of rotatable bonds is 64. The van der Waals surface area contributed by atoms with Gasteiger partial charge in [-0.15, -0.1) is 0 Å². The van der Waals surface area contributed by atoms with Crippen molar-refractivity contribution in [2.24, 2.45) is 33.6 Å². The largest absolute Gasteiger partial charge is 0.491 e. The molecule has 0 radical (unpaired) electrons. The average Bonchev–Trinajstić information content (AvgIpc) is 1.25. The third kappa shape index (κ3) is 32.0. The van der Waals surface area contributed by atoms with Crippen molar-refractivity contribution in [3.63, 3.8) is 0 Å². The van der Waals surface area contributed by atoms with E-state index in [1.165, 1.54) is 35.6 Å². The highest BCUT2D eigenvalue weighted by Gasteiger charge is 2.66. The Balaban J connectivity index is 0.601. The number of methoxy groups -OCH3 is 1. The predicted molar refractivity (Wildman–Crippen MR) is 520 cm³/mol. The first-order chi connectivity index (χ1) is 67.8. The zero-order valence-corrected chi connectivity index (χ0v) is 82.6. The molecule has 2 unspecified atom stereocenters. The number of aromatic nitrogens is 4. The maximum absolute atomic E-state index is 15.4. The second-order valence-corrected chi connectivity index (χ2v) is 39.5. The molecule has 9 N–H and O–H groups in total. The van der Waals surface area contributed by atoms with Crippen molar-refractivity contribution in [1.82, 2.24) is 40.2 Å². The number of ether oxygens (including phenoxy) is 14. The van der Waals surface area contributed by atoms with E-state index >= 15 is 4.79 Å². The number of nitrogens with one attached hydrogen (secondary N) is 3. The van der Waals surface area contributed by atoms with Crippen LogP contribution in [0.5, 0.6) is 5.75 Å². The summed E-state index contributed by atoms with van der Waals surface area (Å²) in [4.78, 5) is 139. The lowest BCUT2D eigenvalue weighted by Gasteiger charge is -2.69. The van der Waals surface area contributed by atoms with Gasteiger partial charge in [0.1, 0.15) is 42.9 Å². The van der Waals surface area contributed by atoms with Gasteiger partial charge in [-0.05, 0) is 164 Å². The van der Waals surface area contributed by atoms with Gasteiger partial charge in [0.2, 0.25) is 11.8 Å². The van der Waals surface area contributed by atoms with Crippen LogP contribution in [0.15, 0.2) is 121 Å². The molecule has 42 heteroatoms. The van der Waals surface area contributed by atoms with E-state index in [4.69, 9.17) is 87.9 Å². The molecule has 13 rings (SSSR count). The van der Waals surface area contributed by atoms with Crippen molar-refractivity contribution < 1.29 is 128 Å². The van der Waals surface area contributed by atoms with E-state index in [1.807, 2.05) is 59.0 Å². The number of hydrogen-bond donors (Lipinski definition) is 7. The Bertz CT molecular complexity index is 5420.